The van der Waals surface area contributed by atoms with Crippen molar-refractivity contribution >= 4 is 41.7 Å². The summed E-state index contributed by atoms with van der Waals surface area (Å²) in [6.07, 6.45) is -0.0778. The summed E-state index contributed by atoms with van der Waals surface area (Å²) >= 11 is 5.93. The maximum Gasteiger partial charge on any atom is 0.239 e. The Bertz CT molecular complexity index is 611. The molecule has 0 aliphatic carbocycles. The van der Waals surface area contributed by atoms with Gasteiger partial charge in [-0.2, -0.15) is 0 Å². The van der Waals surface area contributed by atoms with Crippen molar-refractivity contribution in [3.63, 3.8) is 0 Å². The second-order valence-corrected chi connectivity index (χ2v) is 6.27. The van der Waals surface area contributed by atoms with Crippen molar-refractivity contribution in [2.75, 3.05) is 6.54 Å². The summed E-state index contributed by atoms with van der Waals surface area (Å²) in [4.78, 5) is 35.0. The van der Waals surface area contributed by atoms with E-state index in [1.165, 1.54) is 0 Å². The highest BCUT2D eigenvalue weighted by atomic mass is 35.5. The fraction of sp³-hybridized carbons (Fsp3) is 0.438. The second kappa shape index (κ2) is 10.9. The van der Waals surface area contributed by atoms with Crippen molar-refractivity contribution in [2.45, 2.75) is 32.4 Å². The molecule has 7 nitrogen and oxygen atoms in total. The molecule has 0 aliphatic heterocycles. The van der Waals surface area contributed by atoms with Crippen molar-refractivity contribution in [1.82, 2.24) is 10.6 Å². The van der Waals surface area contributed by atoms with Crippen molar-refractivity contribution in [1.29, 1.82) is 0 Å². The van der Waals surface area contributed by atoms with Gasteiger partial charge in [-0.25, -0.2) is 0 Å². The third kappa shape index (κ3) is 8.20. The molecule has 6 N–H and O–H groups in total. The molecule has 0 bridgehead atoms. The predicted molar refractivity (Wildman–Crippen MR) is 99.2 cm³/mol. The largest absolute Gasteiger partial charge is 0.370 e. The van der Waals surface area contributed by atoms with Gasteiger partial charge in [0.1, 0.15) is 0 Å². The number of primary amides is 1. The van der Waals surface area contributed by atoms with E-state index in [4.69, 9.17) is 23.1 Å². The second-order valence-electron chi connectivity index (χ2n) is 5.83. The van der Waals surface area contributed by atoms with E-state index in [2.05, 4.69) is 10.6 Å². The molecule has 3 amide bonds. The zero-order valence-electron chi connectivity index (χ0n) is 14.1. The minimum Gasteiger partial charge on any atom is -0.370 e. The summed E-state index contributed by atoms with van der Waals surface area (Å²) in [6, 6.07) is 5.45. The zero-order chi connectivity index (χ0) is 18.3. The van der Waals surface area contributed by atoms with Gasteiger partial charge in [0.25, 0.3) is 0 Å². The van der Waals surface area contributed by atoms with Crippen LogP contribution in [0.25, 0.3) is 0 Å². The predicted octanol–water partition coefficient (Wildman–Crippen LogP) is 0.894. The van der Waals surface area contributed by atoms with Crippen LogP contribution in [0.15, 0.2) is 24.3 Å². The fourth-order valence-corrected chi connectivity index (χ4v) is 2.21. The Labute approximate surface area is 158 Å². The van der Waals surface area contributed by atoms with Crippen LogP contribution >= 0.6 is 24.0 Å². The molecule has 0 aromatic heterocycles. The van der Waals surface area contributed by atoms with Crippen LogP contribution in [0.2, 0.25) is 5.02 Å². The van der Waals surface area contributed by atoms with E-state index < -0.39 is 29.8 Å². The SMILES string of the molecule is CC(C)[C@H](N)C(=O)NCC(=O)N[C@H](CC(N)=O)c1cccc(Cl)c1.Cl. The van der Waals surface area contributed by atoms with E-state index in [-0.39, 0.29) is 31.3 Å². The molecule has 1 aromatic rings. The Kier molecular flexibility index (Phi) is 10.1. The number of hydrogen-bond donors (Lipinski definition) is 4. The van der Waals surface area contributed by atoms with E-state index >= 15 is 0 Å². The molecule has 1 rings (SSSR count). The molecule has 0 radical (unpaired) electrons. The molecule has 0 unspecified atom stereocenters. The Morgan fingerprint density at radius 1 is 1.24 bits per heavy atom. The van der Waals surface area contributed by atoms with Crippen LogP contribution in [-0.4, -0.2) is 30.3 Å². The number of nitrogens with two attached hydrogens (primary N) is 2. The van der Waals surface area contributed by atoms with Gasteiger partial charge in [-0.15, -0.1) is 12.4 Å². The summed E-state index contributed by atoms with van der Waals surface area (Å²) in [7, 11) is 0. The van der Waals surface area contributed by atoms with Gasteiger partial charge in [-0.05, 0) is 23.6 Å². The average Bonchev–Trinajstić information content (AvgIpc) is 2.50. The van der Waals surface area contributed by atoms with E-state index in [1.807, 2.05) is 13.8 Å². The highest BCUT2D eigenvalue weighted by molar-refractivity contribution is 6.30. The van der Waals surface area contributed by atoms with Crippen LogP contribution in [0.4, 0.5) is 0 Å². The summed E-state index contributed by atoms with van der Waals surface area (Å²) in [6.45, 7) is 3.38. The molecule has 2 atom stereocenters. The highest BCUT2D eigenvalue weighted by Crippen LogP contribution is 2.20. The average molecular weight is 391 g/mol. The fourth-order valence-electron chi connectivity index (χ4n) is 2.01. The Balaban J connectivity index is 0.00000576. The molecule has 0 heterocycles. The van der Waals surface area contributed by atoms with Crippen molar-refractivity contribution in [3.05, 3.63) is 34.9 Å². The van der Waals surface area contributed by atoms with Gasteiger partial charge in [0.2, 0.25) is 17.7 Å². The quantitative estimate of drug-likeness (QED) is 0.525. The number of rotatable bonds is 8. The number of hydrogen-bond acceptors (Lipinski definition) is 4. The summed E-state index contributed by atoms with van der Waals surface area (Å²) in [5, 5.41) is 5.61. The Hall–Kier alpha value is -1.83. The normalized spacial score (nSPS) is 12.7. The maximum absolute atomic E-state index is 12.0. The van der Waals surface area contributed by atoms with Crippen LogP contribution in [0.1, 0.15) is 31.9 Å². The van der Waals surface area contributed by atoms with Gasteiger partial charge in [0, 0.05) is 5.02 Å². The van der Waals surface area contributed by atoms with Gasteiger partial charge in [0.15, 0.2) is 0 Å². The molecule has 140 valence electrons. The standard InChI is InChI=1S/C16H23ClN4O3.ClH/c1-9(2)15(19)16(24)20-8-14(23)21-12(7-13(18)22)10-4-3-5-11(17)6-10;/h3-6,9,12,15H,7-8,19H2,1-2H3,(H2,18,22)(H,20,24)(H,21,23);1H/t12-,15+;/m1./s1. The molecule has 0 aliphatic rings. The van der Waals surface area contributed by atoms with Gasteiger partial charge >= 0.3 is 0 Å². The van der Waals surface area contributed by atoms with Crippen molar-refractivity contribution < 1.29 is 14.4 Å². The molecule has 0 saturated carbocycles. The minimum atomic E-state index is -0.688. The van der Waals surface area contributed by atoms with Crippen LogP contribution in [-0.2, 0) is 14.4 Å². The summed E-state index contributed by atoms with van der Waals surface area (Å²) in [5.41, 5.74) is 11.6. The number of carbonyl (C=O) groups excluding carboxylic acids is 3. The van der Waals surface area contributed by atoms with E-state index in [9.17, 15) is 14.4 Å². The van der Waals surface area contributed by atoms with Gasteiger partial charge in [-0.3, -0.25) is 14.4 Å². The first-order chi connectivity index (χ1) is 11.2. The van der Waals surface area contributed by atoms with E-state index in [0.29, 0.717) is 10.6 Å². The first kappa shape index (κ1) is 23.2. The number of nitrogens with one attached hydrogen (secondary N) is 2. The lowest BCUT2D eigenvalue weighted by Gasteiger charge is -2.19. The summed E-state index contributed by atoms with van der Waals surface area (Å²) < 4.78 is 0. The Morgan fingerprint density at radius 3 is 2.40 bits per heavy atom. The van der Waals surface area contributed by atoms with Crippen LogP contribution in [0.5, 0.6) is 0 Å². The lowest BCUT2D eigenvalue weighted by Crippen LogP contribution is -2.47. The first-order valence-corrected chi connectivity index (χ1v) is 7.95. The lowest BCUT2D eigenvalue weighted by atomic mass is 10.0. The Morgan fingerprint density at radius 2 is 1.88 bits per heavy atom. The monoisotopic (exact) mass is 390 g/mol. The molecule has 0 saturated heterocycles. The minimum absolute atomic E-state index is 0. The topological polar surface area (TPSA) is 127 Å². The van der Waals surface area contributed by atoms with Crippen molar-refractivity contribution in [2.24, 2.45) is 17.4 Å². The van der Waals surface area contributed by atoms with Gasteiger partial charge in [0.05, 0.1) is 25.0 Å². The molecule has 1 aromatic carbocycles. The van der Waals surface area contributed by atoms with E-state index in [0.717, 1.165) is 0 Å². The third-order valence-electron chi connectivity index (χ3n) is 3.44. The lowest BCUT2D eigenvalue weighted by molar-refractivity contribution is -0.128. The molecule has 0 spiro atoms. The molecular formula is C16H24Cl2N4O3. The molecular weight excluding hydrogens is 367 g/mol. The number of carbonyl (C=O) groups is 3. The maximum atomic E-state index is 12.0. The molecule has 9 heteroatoms. The molecule has 0 fully saturated rings. The molecule has 25 heavy (non-hydrogen) atoms. The summed E-state index contributed by atoms with van der Waals surface area (Å²) in [5.74, 6) is -1.46. The zero-order valence-corrected chi connectivity index (χ0v) is 15.7. The van der Waals surface area contributed by atoms with Crippen LogP contribution < -0.4 is 22.1 Å². The number of amides is 3. The number of benzene rings is 1. The number of halogens is 2. The third-order valence-corrected chi connectivity index (χ3v) is 3.67. The first-order valence-electron chi connectivity index (χ1n) is 7.57. The van der Waals surface area contributed by atoms with Gasteiger partial charge < -0.3 is 22.1 Å². The van der Waals surface area contributed by atoms with E-state index in [1.54, 1.807) is 24.3 Å². The van der Waals surface area contributed by atoms with Crippen LogP contribution in [0, 0.1) is 5.92 Å². The van der Waals surface area contributed by atoms with Gasteiger partial charge in [-0.1, -0.05) is 37.6 Å². The van der Waals surface area contributed by atoms with Crippen molar-refractivity contribution in [3.8, 4) is 0 Å². The highest BCUT2D eigenvalue weighted by Gasteiger charge is 2.20. The van der Waals surface area contributed by atoms with Crippen LogP contribution in [0.3, 0.4) is 0 Å². The smallest absolute Gasteiger partial charge is 0.239 e.